The maximum Gasteiger partial charge on any atom is 0.265 e. The highest BCUT2D eigenvalue weighted by atomic mass is 16.1. The number of Topliss-reactive ketones (excluding diaryl/α,β-unsaturated/α-hetero) is 1. The molecule has 0 bridgehead atoms. The van der Waals surface area contributed by atoms with Gasteiger partial charge in [-0.15, -0.1) is 0 Å². The molecule has 3 rings (SSSR count). The minimum atomic E-state index is -0.328. The molecule has 1 aromatic heterocycles. The van der Waals surface area contributed by atoms with E-state index in [0.29, 0.717) is 11.8 Å². The van der Waals surface area contributed by atoms with E-state index in [2.05, 4.69) is 20.2 Å². The van der Waals surface area contributed by atoms with Crippen molar-refractivity contribution in [1.82, 2.24) is 9.97 Å². The quantitative estimate of drug-likeness (QED) is 0.734. The first-order valence-electron chi connectivity index (χ1n) is 5.92. The van der Waals surface area contributed by atoms with Gasteiger partial charge in [-0.05, 0) is 19.3 Å². The molecule has 0 aliphatic carbocycles. The molecule has 2 N–H and O–H groups in total. The number of anilines is 2. The number of nitrogens with one attached hydrogen (secondary N) is 2. The lowest BCUT2D eigenvalue weighted by atomic mass is 10.1. The van der Waals surface area contributed by atoms with Crippen LogP contribution >= 0.6 is 0 Å². The minimum absolute atomic E-state index is 0.172. The van der Waals surface area contributed by atoms with E-state index in [0.717, 1.165) is 25.9 Å². The monoisotopic (exact) mass is 234 g/mol. The number of piperidine rings is 1. The maximum atomic E-state index is 11.8. The molecule has 1 aromatic rings. The lowest BCUT2D eigenvalue weighted by Crippen LogP contribution is -2.33. The molecular formula is C11H14N4O2. The summed E-state index contributed by atoms with van der Waals surface area (Å²) in [5.74, 6) is 0.828. The van der Waals surface area contributed by atoms with Crippen LogP contribution in [0, 0.1) is 0 Å². The molecule has 6 nitrogen and oxygen atoms in total. The molecular weight excluding hydrogens is 220 g/mol. The summed E-state index contributed by atoms with van der Waals surface area (Å²) in [5.41, 5.74) is -0.156. The molecule has 0 spiro atoms. The highest BCUT2D eigenvalue weighted by molar-refractivity contribution is 6.06. The van der Waals surface area contributed by atoms with Crippen molar-refractivity contribution in [1.29, 1.82) is 0 Å². The Morgan fingerprint density at radius 1 is 1.12 bits per heavy atom. The minimum Gasteiger partial charge on any atom is -0.362 e. The molecule has 0 unspecified atom stereocenters. The number of carbonyl (C=O) groups is 1. The van der Waals surface area contributed by atoms with Crippen LogP contribution in [0.5, 0.6) is 0 Å². The third-order valence-electron chi connectivity index (χ3n) is 3.26. The van der Waals surface area contributed by atoms with Crippen molar-refractivity contribution in [2.45, 2.75) is 19.3 Å². The molecule has 90 valence electrons. The topological polar surface area (TPSA) is 78.1 Å². The first-order valence-corrected chi connectivity index (χ1v) is 5.92. The third kappa shape index (κ3) is 1.69. The summed E-state index contributed by atoms with van der Waals surface area (Å²) < 4.78 is 0. The Morgan fingerprint density at radius 2 is 1.88 bits per heavy atom. The van der Waals surface area contributed by atoms with Crippen molar-refractivity contribution >= 4 is 17.5 Å². The second kappa shape index (κ2) is 3.87. The number of carbonyl (C=O) groups excluding carboxylic acids is 1. The van der Waals surface area contributed by atoms with Crippen LogP contribution in [0.3, 0.4) is 0 Å². The van der Waals surface area contributed by atoms with E-state index in [1.165, 1.54) is 6.42 Å². The van der Waals surface area contributed by atoms with Gasteiger partial charge in [0.15, 0.2) is 5.78 Å². The second-order valence-corrected chi connectivity index (χ2v) is 4.44. The average molecular weight is 234 g/mol. The normalized spacial score (nSPS) is 19.1. The van der Waals surface area contributed by atoms with E-state index in [1.807, 2.05) is 0 Å². The van der Waals surface area contributed by atoms with Crippen LogP contribution in [-0.2, 0) is 0 Å². The van der Waals surface area contributed by atoms with Gasteiger partial charge < -0.3 is 10.2 Å². The third-order valence-corrected chi connectivity index (χ3v) is 3.26. The van der Waals surface area contributed by atoms with Gasteiger partial charge in [-0.1, -0.05) is 0 Å². The summed E-state index contributed by atoms with van der Waals surface area (Å²) in [6.45, 7) is 2.00. The molecule has 0 atom stereocenters. The smallest absolute Gasteiger partial charge is 0.265 e. The Labute approximate surface area is 98.0 Å². The average Bonchev–Trinajstić information content (AvgIpc) is 2.73. The number of fused-ring (bicyclic) bond motifs is 1. The van der Waals surface area contributed by atoms with Crippen LogP contribution in [0.25, 0.3) is 0 Å². The van der Waals surface area contributed by atoms with Gasteiger partial charge in [0.1, 0.15) is 11.4 Å². The van der Waals surface area contributed by atoms with Gasteiger partial charge in [-0.2, -0.15) is 4.98 Å². The first kappa shape index (κ1) is 10.3. The number of H-pyrrole nitrogens is 1. The summed E-state index contributed by atoms with van der Waals surface area (Å²) >= 11 is 0. The summed E-state index contributed by atoms with van der Waals surface area (Å²) in [5, 5.41) is 2.86. The van der Waals surface area contributed by atoms with E-state index in [-0.39, 0.29) is 23.5 Å². The molecule has 0 amide bonds. The van der Waals surface area contributed by atoms with Crippen LogP contribution in [0.1, 0.15) is 29.6 Å². The summed E-state index contributed by atoms with van der Waals surface area (Å²) in [6, 6.07) is 0. The van der Waals surface area contributed by atoms with Crippen molar-refractivity contribution < 1.29 is 4.79 Å². The molecule has 1 fully saturated rings. The zero-order chi connectivity index (χ0) is 11.8. The van der Waals surface area contributed by atoms with Crippen LogP contribution in [0.2, 0.25) is 0 Å². The largest absolute Gasteiger partial charge is 0.362 e. The Morgan fingerprint density at radius 3 is 2.65 bits per heavy atom. The van der Waals surface area contributed by atoms with E-state index >= 15 is 0 Å². The van der Waals surface area contributed by atoms with Crippen molar-refractivity contribution in [2.75, 3.05) is 29.9 Å². The lowest BCUT2D eigenvalue weighted by Gasteiger charge is -2.27. The fourth-order valence-electron chi connectivity index (χ4n) is 2.36. The van der Waals surface area contributed by atoms with E-state index in [1.54, 1.807) is 0 Å². The zero-order valence-corrected chi connectivity index (χ0v) is 9.45. The number of hydrogen-bond acceptors (Lipinski definition) is 5. The number of rotatable bonds is 1. The van der Waals surface area contributed by atoms with Gasteiger partial charge in [0, 0.05) is 13.1 Å². The van der Waals surface area contributed by atoms with Gasteiger partial charge in [0.05, 0.1) is 6.54 Å². The predicted molar refractivity (Wildman–Crippen MR) is 63.7 cm³/mol. The summed E-state index contributed by atoms with van der Waals surface area (Å²) in [4.78, 5) is 32.3. The first-order chi connectivity index (χ1) is 8.25. The Bertz CT molecular complexity index is 517. The number of ketones is 1. The Hall–Kier alpha value is -1.85. The summed E-state index contributed by atoms with van der Waals surface area (Å²) in [7, 11) is 0. The van der Waals surface area contributed by atoms with Crippen molar-refractivity contribution in [3.8, 4) is 0 Å². The van der Waals surface area contributed by atoms with E-state index in [4.69, 9.17) is 0 Å². The SMILES string of the molecule is O=C1CNc2nc(N3CCCCC3)[nH]c(=O)c21. The lowest BCUT2D eigenvalue weighted by molar-refractivity contribution is 0.101. The number of nitrogens with zero attached hydrogens (tertiary/aromatic N) is 2. The molecule has 6 heteroatoms. The highest BCUT2D eigenvalue weighted by Gasteiger charge is 2.26. The van der Waals surface area contributed by atoms with Crippen LogP contribution in [0.15, 0.2) is 4.79 Å². The van der Waals surface area contributed by atoms with Crippen molar-refractivity contribution in [3.05, 3.63) is 15.9 Å². The van der Waals surface area contributed by atoms with Crippen molar-refractivity contribution in [3.63, 3.8) is 0 Å². The molecule has 0 saturated carbocycles. The standard InChI is InChI=1S/C11H14N4O2/c16-7-6-12-9-8(7)10(17)14-11(13-9)15-4-2-1-3-5-15/h1-6H2,(H2,12,13,14,17). The van der Waals surface area contributed by atoms with Gasteiger partial charge in [-0.25, -0.2) is 0 Å². The Kier molecular flexibility index (Phi) is 2.35. The van der Waals surface area contributed by atoms with Gasteiger partial charge in [0.2, 0.25) is 5.95 Å². The van der Waals surface area contributed by atoms with Gasteiger partial charge in [-0.3, -0.25) is 14.6 Å². The summed E-state index contributed by atoms with van der Waals surface area (Å²) in [6.07, 6.45) is 3.46. The van der Waals surface area contributed by atoms with Gasteiger partial charge >= 0.3 is 0 Å². The molecule has 3 heterocycles. The van der Waals surface area contributed by atoms with Crippen molar-refractivity contribution in [2.24, 2.45) is 0 Å². The fourth-order valence-corrected chi connectivity index (χ4v) is 2.36. The molecule has 1 saturated heterocycles. The highest BCUT2D eigenvalue weighted by Crippen LogP contribution is 2.20. The number of aromatic amines is 1. The predicted octanol–water partition coefficient (Wildman–Crippen LogP) is 0.368. The number of hydrogen-bond donors (Lipinski definition) is 2. The fraction of sp³-hybridized carbons (Fsp3) is 0.545. The van der Waals surface area contributed by atoms with Gasteiger partial charge in [0.25, 0.3) is 5.56 Å². The number of aromatic nitrogens is 2. The maximum absolute atomic E-state index is 11.8. The van der Waals surface area contributed by atoms with E-state index in [9.17, 15) is 9.59 Å². The molecule has 17 heavy (non-hydrogen) atoms. The van der Waals surface area contributed by atoms with Crippen LogP contribution in [-0.4, -0.2) is 35.4 Å². The van der Waals surface area contributed by atoms with Crippen LogP contribution in [0.4, 0.5) is 11.8 Å². The molecule has 0 radical (unpaired) electrons. The van der Waals surface area contributed by atoms with Crippen LogP contribution < -0.4 is 15.8 Å². The molecule has 0 aromatic carbocycles. The second-order valence-electron chi connectivity index (χ2n) is 4.44. The zero-order valence-electron chi connectivity index (χ0n) is 9.45. The van der Waals surface area contributed by atoms with E-state index < -0.39 is 0 Å². The molecule has 2 aliphatic rings. The molecule has 2 aliphatic heterocycles. The Balaban J connectivity index is 2.00.